The third-order valence-corrected chi connectivity index (χ3v) is 0.907. The molecule has 1 heterocycles. The van der Waals surface area contributed by atoms with Gasteiger partial charge in [-0.25, -0.2) is 4.68 Å². The molecular weight excluding hydrogens is 104 g/mol. The van der Waals surface area contributed by atoms with Crippen LogP contribution in [0, 0.1) is 6.92 Å². The summed E-state index contributed by atoms with van der Waals surface area (Å²) in [6.45, 7) is 1.90. The smallest absolute Gasteiger partial charge is 0.136 e. The van der Waals surface area contributed by atoms with E-state index in [4.69, 9.17) is 5.11 Å². The van der Waals surface area contributed by atoms with E-state index in [1.807, 2.05) is 6.92 Å². The van der Waals surface area contributed by atoms with Crippen LogP contribution in [0.3, 0.4) is 0 Å². The van der Waals surface area contributed by atoms with Crippen molar-refractivity contribution in [1.82, 2.24) is 9.78 Å². The largest absolute Gasteiger partial charge is 0.374 e. The number of hydrogen-bond acceptors (Lipinski definition) is 2. The van der Waals surface area contributed by atoms with Crippen LogP contribution in [0.2, 0.25) is 0 Å². The Morgan fingerprint density at radius 1 is 1.88 bits per heavy atom. The Morgan fingerprint density at radius 3 is 2.88 bits per heavy atom. The highest BCUT2D eigenvalue weighted by Crippen LogP contribution is 1.91. The molecule has 0 saturated heterocycles. The maximum Gasteiger partial charge on any atom is 0.136 e. The summed E-state index contributed by atoms with van der Waals surface area (Å²) in [6.07, 6.45) is 3.48. The van der Waals surface area contributed by atoms with Crippen molar-refractivity contribution in [3.8, 4) is 0 Å². The lowest BCUT2D eigenvalue weighted by Crippen LogP contribution is -1.94. The number of aliphatic hydroxyl groups excluding tert-OH is 1. The lowest BCUT2D eigenvalue weighted by Gasteiger charge is -1.87. The molecule has 44 valence electrons. The first kappa shape index (κ1) is 5.31. The van der Waals surface area contributed by atoms with Crippen molar-refractivity contribution in [3.05, 3.63) is 18.0 Å². The monoisotopic (exact) mass is 112 g/mol. The lowest BCUT2D eigenvalue weighted by molar-refractivity contribution is 0.195. The molecule has 0 aliphatic carbocycles. The van der Waals surface area contributed by atoms with Crippen LogP contribution in [0.15, 0.2) is 12.4 Å². The molecule has 0 spiro atoms. The highest BCUT2D eigenvalue weighted by Gasteiger charge is 1.86. The number of aromatic nitrogens is 2. The Kier molecular flexibility index (Phi) is 1.30. The van der Waals surface area contributed by atoms with Gasteiger partial charge < -0.3 is 5.11 Å². The van der Waals surface area contributed by atoms with E-state index in [1.54, 1.807) is 12.4 Å². The van der Waals surface area contributed by atoms with Gasteiger partial charge in [0.2, 0.25) is 0 Å². The highest BCUT2D eigenvalue weighted by atomic mass is 16.3. The molecule has 3 heteroatoms. The third-order valence-electron chi connectivity index (χ3n) is 0.907. The van der Waals surface area contributed by atoms with Gasteiger partial charge in [-0.15, -0.1) is 0 Å². The minimum atomic E-state index is -0.0339. The van der Waals surface area contributed by atoms with Gasteiger partial charge in [0.1, 0.15) is 6.73 Å². The molecule has 0 aliphatic rings. The number of nitrogens with zero attached hydrogens (tertiary/aromatic N) is 2. The van der Waals surface area contributed by atoms with Crippen molar-refractivity contribution in [2.75, 3.05) is 0 Å². The topological polar surface area (TPSA) is 38.0 Å². The van der Waals surface area contributed by atoms with Crippen LogP contribution in [0.4, 0.5) is 0 Å². The molecule has 0 aromatic carbocycles. The zero-order valence-electron chi connectivity index (χ0n) is 4.70. The summed E-state index contributed by atoms with van der Waals surface area (Å²) >= 11 is 0. The summed E-state index contributed by atoms with van der Waals surface area (Å²) in [6, 6.07) is 0. The van der Waals surface area contributed by atoms with Gasteiger partial charge in [0, 0.05) is 6.20 Å². The Bertz CT molecular complexity index is 171. The van der Waals surface area contributed by atoms with E-state index >= 15 is 0 Å². The molecule has 0 bridgehead atoms. The first-order valence-electron chi connectivity index (χ1n) is 2.43. The van der Waals surface area contributed by atoms with Crippen LogP contribution >= 0.6 is 0 Å². The van der Waals surface area contributed by atoms with Gasteiger partial charge in [-0.2, -0.15) is 5.10 Å². The van der Waals surface area contributed by atoms with Crippen LogP contribution in [0.5, 0.6) is 0 Å². The van der Waals surface area contributed by atoms with Crippen LogP contribution in [0.25, 0.3) is 0 Å². The Labute approximate surface area is 47.6 Å². The van der Waals surface area contributed by atoms with Gasteiger partial charge in [-0.05, 0) is 12.5 Å². The zero-order valence-corrected chi connectivity index (χ0v) is 4.70. The quantitative estimate of drug-likeness (QED) is 0.561. The van der Waals surface area contributed by atoms with Gasteiger partial charge in [0.15, 0.2) is 0 Å². The fourth-order valence-electron chi connectivity index (χ4n) is 0.544. The molecule has 0 aliphatic heterocycles. The van der Waals surface area contributed by atoms with Gasteiger partial charge in [-0.1, -0.05) is 0 Å². The third kappa shape index (κ3) is 0.869. The second-order valence-electron chi connectivity index (χ2n) is 1.70. The van der Waals surface area contributed by atoms with Crippen molar-refractivity contribution >= 4 is 0 Å². The average Bonchev–Trinajstić information content (AvgIpc) is 2.14. The maximum absolute atomic E-state index is 8.45. The Balaban J connectivity index is 2.84. The maximum atomic E-state index is 8.45. The van der Waals surface area contributed by atoms with E-state index in [0.29, 0.717) is 0 Å². The molecule has 1 rings (SSSR count). The second-order valence-corrected chi connectivity index (χ2v) is 1.70. The minimum Gasteiger partial charge on any atom is -0.374 e. The van der Waals surface area contributed by atoms with E-state index in [-0.39, 0.29) is 6.73 Å². The molecule has 1 aromatic heterocycles. The number of hydrogen-bond donors (Lipinski definition) is 1. The van der Waals surface area contributed by atoms with Gasteiger partial charge >= 0.3 is 0 Å². The first-order valence-corrected chi connectivity index (χ1v) is 2.43. The van der Waals surface area contributed by atoms with Gasteiger partial charge in [0.05, 0.1) is 6.20 Å². The molecule has 0 radical (unpaired) electrons. The van der Waals surface area contributed by atoms with Crippen LogP contribution in [-0.4, -0.2) is 14.9 Å². The molecule has 8 heavy (non-hydrogen) atoms. The van der Waals surface area contributed by atoms with E-state index in [2.05, 4.69) is 5.10 Å². The van der Waals surface area contributed by atoms with Crippen LogP contribution in [0.1, 0.15) is 5.56 Å². The van der Waals surface area contributed by atoms with Gasteiger partial charge in [-0.3, -0.25) is 0 Å². The molecule has 0 unspecified atom stereocenters. The Morgan fingerprint density at radius 2 is 2.62 bits per heavy atom. The minimum absolute atomic E-state index is 0.0339. The molecule has 0 atom stereocenters. The average molecular weight is 112 g/mol. The summed E-state index contributed by atoms with van der Waals surface area (Å²) in [5.41, 5.74) is 1.07. The van der Waals surface area contributed by atoms with Crippen molar-refractivity contribution in [2.24, 2.45) is 0 Å². The Hall–Kier alpha value is -0.830. The molecule has 3 nitrogen and oxygen atoms in total. The molecule has 0 fully saturated rings. The van der Waals surface area contributed by atoms with E-state index in [0.717, 1.165) is 5.56 Å². The van der Waals surface area contributed by atoms with Crippen molar-refractivity contribution in [2.45, 2.75) is 13.7 Å². The van der Waals surface area contributed by atoms with Crippen molar-refractivity contribution in [3.63, 3.8) is 0 Å². The standard InChI is InChI=1S/C5H8N2O/c1-5-2-6-7(3-5)4-8/h2-3,8H,4H2,1H3. The zero-order chi connectivity index (χ0) is 5.98. The summed E-state index contributed by atoms with van der Waals surface area (Å²) in [5, 5.41) is 12.3. The summed E-state index contributed by atoms with van der Waals surface area (Å²) < 4.78 is 1.47. The SMILES string of the molecule is Cc1cnn(CO)c1. The number of aliphatic hydroxyl groups is 1. The van der Waals surface area contributed by atoms with E-state index in [9.17, 15) is 0 Å². The van der Waals surface area contributed by atoms with Crippen LogP contribution < -0.4 is 0 Å². The molecule has 0 amide bonds. The summed E-state index contributed by atoms with van der Waals surface area (Å²) in [4.78, 5) is 0. The summed E-state index contributed by atoms with van der Waals surface area (Å²) in [5.74, 6) is 0. The normalized spacial score (nSPS) is 9.75. The van der Waals surface area contributed by atoms with Crippen LogP contribution in [-0.2, 0) is 6.73 Å². The number of aryl methyl sites for hydroxylation is 1. The van der Waals surface area contributed by atoms with Crippen molar-refractivity contribution in [1.29, 1.82) is 0 Å². The summed E-state index contributed by atoms with van der Waals surface area (Å²) in [7, 11) is 0. The predicted molar refractivity (Wildman–Crippen MR) is 29.2 cm³/mol. The first-order chi connectivity index (χ1) is 3.83. The molecule has 1 N–H and O–H groups in total. The highest BCUT2D eigenvalue weighted by molar-refractivity contribution is 4.98. The molecular formula is C5H8N2O. The van der Waals surface area contributed by atoms with Crippen molar-refractivity contribution < 1.29 is 5.11 Å². The van der Waals surface area contributed by atoms with Gasteiger partial charge in [0.25, 0.3) is 0 Å². The fraction of sp³-hybridized carbons (Fsp3) is 0.400. The fourth-order valence-corrected chi connectivity index (χ4v) is 0.544. The molecule has 1 aromatic rings. The molecule has 0 saturated carbocycles. The lowest BCUT2D eigenvalue weighted by atomic mass is 10.4. The second kappa shape index (κ2) is 1.96. The number of rotatable bonds is 1. The van der Waals surface area contributed by atoms with E-state index < -0.39 is 0 Å². The van der Waals surface area contributed by atoms with E-state index in [1.165, 1.54) is 4.68 Å². The predicted octanol–water partition coefficient (Wildman–Crippen LogP) is 0.141.